The molecule has 0 bridgehead atoms. The van der Waals surface area contributed by atoms with Crippen molar-refractivity contribution < 1.29 is 23.7 Å². The number of benzene rings is 3. The van der Waals surface area contributed by atoms with Crippen LogP contribution in [0.15, 0.2) is 99.4 Å². The number of furan rings is 1. The fourth-order valence-electron chi connectivity index (χ4n) is 5.62. The lowest BCUT2D eigenvalue weighted by Crippen LogP contribution is -2.32. The van der Waals surface area contributed by atoms with E-state index < -0.39 is 44.6 Å². The lowest BCUT2D eigenvalue weighted by atomic mass is 9.87. The van der Waals surface area contributed by atoms with Crippen molar-refractivity contribution in [1.29, 1.82) is 0 Å². The van der Waals surface area contributed by atoms with Gasteiger partial charge in [0.15, 0.2) is 0 Å². The average molecular weight is 613 g/mol. The molecule has 0 radical (unpaired) electrons. The van der Waals surface area contributed by atoms with Gasteiger partial charge in [0.2, 0.25) is 17.7 Å². The fraction of sp³-hybridized carbons (Fsp3) is 0.133. The van der Waals surface area contributed by atoms with Crippen molar-refractivity contribution in [2.45, 2.75) is 22.7 Å². The minimum Gasteiger partial charge on any atom is -0.469 e. The second-order valence-corrected chi connectivity index (χ2v) is 12.2. The number of carbonyl (C=O) groups excluding carboxylic acids is 3. The van der Waals surface area contributed by atoms with Crippen molar-refractivity contribution in [2.24, 2.45) is 5.92 Å². The number of nitrogens with zero attached hydrogens (tertiary/aromatic N) is 3. The lowest BCUT2D eigenvalue weighted by Gasteiger charge is -2.29. The van der Waals surface area contributed by atoms with Crippen LogP contribution < -0.4 is 15.1 Å². The number of imide groups is 1. The van der Waals surface area contributed by atoms with Gasteiger partial charge >= 0.3 is 4.87 Å². The molecule has 2 aliphatic heterocycles. The number of hydrogen-bond donors (Lipinski definition) is 1. The third-order valence-corrected chi connectivity index (χ3v) is 10.2. The van der Waals surface area contributed by atoms with Crippen LogP contribution in [0.5, 0.6) is 0 Å². The molecule has 0 saturated carbocycles. The minimum absolute atomic E-state index is 0.170. The van der Waals surface area contributed by atoms with Crippen LogP contribution in [0.3, 0.4) is 0 Å². The van der Waals surface area contributed by atoms with Gasteiger partial charge in [-0.2, -0.15) is 0 Å². The first-order chi connectivity index (χ1) is 20.8. The summed E-state index contributed by atoms with van der Waals surface area (Å²) in [5.41, 5.74) is 0.623. The largest absolute Gasteiger partial charge is 0.469 e. The molecule has 13 heteroatoms. The number of fused-ring (bicyclic) bond motifs is 3. The average Bonchev–Trinajstić information content (AvgIpc) is 3.70. The Bertz CT molecular complexity index is 2000. The number of hydrogen-bond acceptors (Lipinski definition) is 9. The number of non-ortho nitro benzene ring substituents is 1. The number of anilines is 2. The van der Waals surface area contributed by atoms with E-state index in [4.69, 9.17) is 4.42 Å². The van der Waals surface area contributed by atoms with Crippen LogP contribution >= 0.6 is 23.1 Å². The van der Waals surface area contributed by atoms with E-state index in [-0.39, 0.29) is 17.9 Å². The molecular formula is C30H20N4O7S2. The van der Waals surface area contributed by atoms with Gasteiger partial charge in [0.05, 0.1) is 38.6 Å². The minimum atomic E-state index is -0.908. The van der Waals surface area contributed by atoms with Crippen LogP contribution in [0.25, 0.3) is 10.8 Å². The molecule has 0 unspecified atom stereocenters. The molecule has 43 heavy (non-hydrogen) atoms. The lowest BCUT2D eigenvalue weighted by molar-refractivity contribution is -0.384. The quantitative estimate of drug-likeness (QED) is 0.160. The van der Waals surface area contributed by atoms with Crippen molar-refractivity contribution in [2.75, 3.05) is 10.2 Å². The zero-order valence-corrected chi connectivity index (χ0v) is 23.7. The third-order valence-electron chi connectivity index (χ3n) is 7.55. The highest BCUT2D eigenvalue weighted by molar-refractivity contribution is 8.00. The standard InChI is InChI=1S/C30H20N4O7S2/c35-22(31-18-8-7-16-4-1-2-5-17(16)14-18)15-32-29-26(43-30(32)38)23(21-6-3-13-41-21)24-25(42-29)28(37)33(27(24)36)19-9-11-20(12-10-19)34(39)40/h1-14,23-25H,15H2,(H,31,35)/t23-,24-,25+/m0/s1. The highest BCUT2D eigenvalue weighted by atomic mass is 32.2. The van der Waals surface area contributed by atoms with Crippen molar-refractivity contribution >= 4 is 68.7 Å². The summed E-state index contributed by atoms with van der Waals surface area (Å²) in [6.45, 7) is -0.291. The first-order valence-corrected chi connectivity index (χ1v) is 14.8. The number of carbonyl (C=O) groups is 3. The molecule has 7 rings (SSSR count). The topological polar surface area (TPSA) is 145 Å². The molecule has 0 aliphatic carbocycles. The number of nitrogens with one attached hydrogen (secondary N) is 1. The van der Waals surface area contributed by atoms with Gasteiger partial charge in [-0.05, 0) is 47.2 Å². The Morgan fingerprint density at radius 1 is 0.953 bits per heavy atom. The summed E-state index contributed by atoms with van der Waals surface area (Å²) in [5, 5.41) is 15.5. The van der Waals surface area contributed by atoms with Crippen LogP contribution in [-0.2, 0) is 20.9 Å². The molecule has 1 N–H and O–H groups in total. The van der Waals surface area contributed by atoms with Crippen LogP contribution in [0.1, 0.15) is 16.6 Å². The Morgan fingerprint density at radius 2 is 1.72 bits per heavy atom. The van der Waals surface area contributed by atoms with Gasteiger partial charge in [0, 0.05) is 17.8 Å². The third kappa shape index (κ3) is 4.53. The fourth-order valence-corrected chi connectivity index (χ4v) is 8.37. The summed E-state index contributed by atoms with van der Waals surface area (Å²) in [5.74, 6) is -2.64. The molecule has 5 aromatic rings. The van der Waals surface area contributed by atoms with Gasteiger partial charge in [-0.1, -0.05) is 53.4 Å². The van der Waals surface area contributed by atoms with Gasteiger partial charge in [0.25, 0.3) is 5.69 Å². The summed E-state index contributed by atoms with van der Waals surface area (Å²) in [7, 11) is 0. The van der Waals surface area contributed by atoms with Crippen molar-refractivity contribution in [1.82, 2.24) is 4.57 Å². The van der Waals surface area contributed by atoms with E-state index in [1.54, 1.807) is 18.2 Å². The van der Waals surface area contributed by atoms with Gasteiger partial charge in [-0.3, -0.25) is 33.9 Å². The maximum Gasteiger partial charge on any atom is 0.308 e. The first kappa shape index (κ1) is 26.9. The van der Waals surface area contributed by atoms with E-state index in [9.17, 15) is 29.3 Å². The summed E-state index contributed by atoms with van der Waals surface area (Å²) in [6.07, 6.45) is 1.46. The summed E-state index contributed by atoms with van der Waals surface area (Å²) < 4.78 is 7.03. The van der Waals surface area contributed by atoms with Crippen molar-refractivity contribution in [3.05, 3.63) is 116 Å². The Balaban J connectivity index is 1.22. The zero-order chi connectivity index (χ0) is 29.8. The van der Waals surface area contributed by atoms with E-state index >= 15 is 0 Å². The maximum absolute atomic E-state index is 13.8. The molecule has 1 fully saturated rings. The molecule has 3 aromatic carbocycles. The summed E-state index contributed by atoms with van der Waals surface area (Å²) in [4.78, 5) is 65.7. The first-order valence-electron chi connectivity index (χ1n) is 13.1. The van der Waals surface area contributed by atoms with E-state index in [1.165, 1.54) is 35.1 Å². The summed E-state index contributed by atoms with van der Waals surface area (Å²) >= 11 is 1.99. The molecule has 3 atom stereocenters. The highest BCUT2D eigenvalue weighted by Crippen LogP contribution is 2.54. The summed E-state index contributed by atoms with van der Waals surface area (Å²) in [6, 6.07) is 21.8. The molecule has 214 valence electrons. The molecule has 2 aliphatic rings. The number of amides is 3. The maximum atomic E-state index is 13.8. The van der Waals surface area contributed by atoms with Gasteiger partial charge < -0.3 is 9.73 Å². The Morgan fingerprint density at radius 3 is 2.44 bits per heavy atom. The SMILES string of the molecule is O=C(Cn1c2c(sc1=O)[C@@H](c1ccco1)[C@@H]1C(=O)N(c3ccc([N+](=O)[O-])cc3)C(=O)[C@@H]1S2)Nc1ccc2ccccc2c1. The van der Waals surface area contributed by atoms with Crippen LogP contribution in [0.2, 0.25) is 0 Å². The number of thioether (sulfide) groups is 1. The van der Waals surface area contributed by atoms with Crippen LogP contribution in [0.4, 0.5) is 17.1 Å². The van der Waals surface area contributed by atoms with Crippen molar-refractivity contribution in [3.63, 3.8) is 0 Å². The molecule has 3 amide bonds. The molecule has 0 spiro atoms. The van der Waals surface area contributed by atoms with Gasteiger partial charge in [-0.15, -0.1) is 0 Å². The molecule has 11 nitrogen and oxygen atoms in total. The van der Waals surface area contributed by atoms with E-state index in [1.807, 2.05) is 36.4 Å². The molecular weight excluding hydrogens is 592 g/mol. The van der Waals surface area contributed by atoms with Gasteiger partial charge in [0.1, 0.15) is 17.6 Å². The highest BCUT2D eigenvalue weighted by Gasteiger charge is 2.57. The number of nitro benzene ring substituents is 1. The number of thiazole rings is 1. The normalized spacial score (nSPS) is 19.3. The van der Waals surface area contributed by atoms with Crippen molar-refractivity contribution in [3.8, 4) is 0 Å². The Kier molecular flexibility index (Phi) is 6.47. The predicted molar refractivity (Wildman–Crippen MR) is 160 cm³/mol. The molecule has 1 saturated heterocycles. The Labute approximate surface area is 250 Å². The monoisotopic (exact) mass is 612 g/mol. The molecule has 4 heterocycles. The smallest absolute Gasteiger partial charge is 0.308 e. The predicted octanol–water partition coefficient (Wildman–Crippen LogP) is 5.00. The van der Waals surface area contributed by atoms with E-state index in [2.05, 4.69) is 5.32 Å². The molecule has 2 aromatic heterocycles. The van der Waals surface area contributed by atoms with Crippen LogP contribution in [0, 0.1) is 16.0 Å². The number of nitro groups is 1. The van der Waals surface area contributed by atoms with Crippen LogP contribution in [-0.4, -0.2) is 32.5 Å². The second-order valence-electron chi connectivity index (χ2n) is 10.1. The zero-order valence-electron chi connectivity index (χ0n) is 22.0. The van der Waals surface area contributed by atoms with E-state index in [0.29, 0.717) is 21.4 Å². The number of rotatable bonds is 6. The number of aromatic nitrogens is 1. The van der Waals surface area contributed by atoms with E-state index in [0.717, 1.165) is 38.8 Å². The Hall–Kier alpha value is -5.01. The second kappa shape index (κ2) is 10.4. The van der Waals surface area contributed by atoms with Gasteiger partial charge in [-0.25, -0.2) is 4.90 Å².